The Kier molecular flexibility index (Phi) is 3.21. The second-order valence-electron chi connectivity index (χ2n) is 5.71. The molecule has 0 unspecified atom stereocenters. The van der Waals surface area contributed by atoms with E-state index in [1.807, 2.05) is 0 Å². The minimum atomic E-state index is 0.200. The zero-order valence-electron chi connectivity index (χ0n) is 12.0. The van der Waals surface area contributed by atoms with E-state index in [2.05, 4.69) is 44.2 Å². The number of hydrogen-bond acceptors (Lipinski definition) is 6. The summed E-state index contributed by atoms with van der Waals surface area (Å²) in [4.78, 5) is 17.9. The van der Waals surface area contributed by atoms with Crippen LogP contribution >= 0.6 is 0 Å². The van der Waals surface area contributed by atoms with Crippen molar-refractivity contribution in [3.63, 3.8) is 0 Å². The van der Waals surface area contributed by atoms with Gasteiger partial charge in [0.15, 0.2) is 11.5 Å². The molecule has 1 aliphatic carbocycles. The number of nitrogens with one attached hydrogen (secondary N) is 2. The SMILES string of the molecule is CN(C)C1(CNc2nc(N)nc3nc[nH]c23)CCCC1. The summed E-state index contributed by atoms with van der Waals surface area (Å²) in [6.07, 6.45) is 6.59. The second kappa shape index (κ2) is 4.90. The van der Waals surface area contributed by atoms with E-state index in [9.17, 15) is 0 Å². The van der Waals surface area contributed by atoms with Crippen LogP contribution in [0, 0.1) is 0 Å². The second-order valence-corrected chi connectivity index (χ2v) is 5.71. The number of imidazole rings is 1. The third-order valence-electron chi connectivity index (χ3n) is 4.37. The molecular weight excluding hydrogens is 254 g/mol. The molecule has 7 heteroatoms. The van der Waals surface area contributed by atoms with Crippen molar-refractivity contribution < 1.29 is 0 Å². The first kappa shape index (κ1) is 13.1. The monoisotopic (exact) mass is 275 g/mol. The van der Waals surface area contributed by atoms with Crippen molar-refractivity contribution in [2.45, 2.75) is 31.2 Å². The highest BCUT2D eigenvalue weighted by atomic mass is 15.2. The van der Waals surface area contributed by atoms with Gasteiger partial charge in [-0.25, -0.2) is 4.98 Å². The summed E-state index contributed by atoms with van der Waals surface area (Å²) < 4.78 is 0. The van der Waals surface area contributed by atoms with Crippen molar-refractivity contribution in [3.05, 3.63) is 6.33 Å². The molecule has 0 atom stereocenters. The van der Waals surface area contributed by atoms with Gasteiger partial charge in [0.2, 0.25) is 5.95 Å². The van der Waals surface area contributed by atoms with E-state index in [-0.39, 0.29) is 11.5 Å². The van der Waals surface area contributed by atoms with Crippen LogP contribution in [0.15, 0.2) is 6.33 Å². The summed E-state index contributed by atoms with van der Waals surface area (Å²) >= 11 is 0. The predicted octanol–water partition coefficient (Wildman–Crippen LogP) is 1.22. The summed E-state index contributed by atoms with van der Waals surface area (Å²) in [7, 11) is 4.29. The zero-order chi connectivity index (χ0) is 14.2. The Labute approximate surface area is 118 Å². The van der Waals surface area contributed by atoms with E-state index >= 15 is 0 Å². The molecule has 4 N–H and O–H groups in total. The van der Waals surface area contributed by atoms with Crippen LogP contribution in [0.2, 0.25) is 0 Å². The summed E-state index contributed by atoms with van der Waals surface area (Å²) in [6.45, 7) is 0.852. The molecule has 0 radical (unpaired) electrons. The van der Waals surface area contributed by atoms with Crippen molar-refractivity contribution in [1.82, 2.24) is 24.8 Å². The lowest BCUT2D eigenvalue weighted by Gasteiger charge is -2.36. The van der Waals surface area contributed by atoms with Gasteiger partial charge in [-0.05, 0) is 26.9 Å². The molecule has 2 aromatic heterocycles. The largest absolute Gasteiger partial charge is 0.368 e. The lowest BCUT2D eigenvalue weighted by Crippen LogP contribution is -2.47. The molecule has 0 bridgehead atoms. The minimum Gasteiger partial charge on any atom is -0.368 e. The van der Waals surface area contributed by atoms with E-state index in [0.29, 0.717) is 5.65 Å². The number of nitrogen functional groups attached to an aromatic ring is 1. The van der Waals surface area contributed by atoms with Gasteiger partial charge in [0, 0.05) is 12.1 Å². The smallest absolute Gasteiger partial charge is 0.224 e. The molecule has 108 valence electrons. The summed E-state index contributed by atoms with van der Waals surface area (Å²) in [6, 6.07) is 0. The first-order valence-corrected chi connectivity index (χ1v) is 6.99. The maximum atomic E-state index is 5.73. The van der Waals surface area contributed by atoms with Crippen molar-refractivity contribution in [1.29, 1.82) is 0 Å². The number of aromatic amines is 1. The normalized spacial score (nSPS) is 17.9. The molecule has 0 aromatic carbocycles. The molecule has 2 heterocycles. The molecule has 0 spiro atoms. The van der Waals surface area contributed by atoms with Crippen LogP contribution in [-0.4, -0.2) is 51.0 Å². The number of fused-ring (bicyclic) bond motifs is 1. The molecule has 3 rings (SSSR count). The number of nitrogens with zero attached hydrogens (tertiary/aromatic N) is 4. The van der Waals surface area contributed by atoms with E-state index in [1.54, 1.807) is 6.33 Å². The summed E-state index contributed by atoms with van der Waals surface area (Å²) in [5, 5.41) is 3.43. The van der Waals surface area contributed by atoms with Crippen LogP contribution in [0.5, 0.6) is 0 Å². The highest BCUT2D eigenvalue weighted by Gasteiger charge is 2.35. The molecule has 1 aliphatic rings. The average Bonchev–Trinajstić information content (AvgIpc) is 3.04. The van der Waals surface area contributed by atoms with Crippen molar-refractivity contribution in [2.75, 3.05) is 31.7 Å². The van der Waals surface area contributed by atoms with Crippen molar-refractivity contribution in [2.24, 2.45) is 0 Å². The van der Waals surface area contributed by atoms with Crippen LogP contribution in [-0.2, 0) is 0 Å². The molecule has 20 heavy (non-hydrogen) atoms. The Morgan fingerprint density at radius 3 is 2.80 bits per heavy atom. The predicted molar refractivity (Wildman–Crippen MR) is 79.5 cm³/mol. The first-order valence-electron chi connectivity index (χ1n) is 6.99. The van der Waals surface area contributed by atoms with Crippen LogP contribution in [0.3, 0.4) is 0 Å². The van der Waals surface area contributed by atoms with Gasteiger partial charge in [-0.3, -0.25) is 0 Å². The Morgan fingerprint density at radius 2 is 2.10 bits per heavy atom. The Hall–Kier alpha value is -1.89. The number of likely N-dealkylation sites (N-methyl/N-ethyl adjacent to an activating group) is 1. The molecule has 0 aliphatic heterocycles. The lowest BCUT2D eigenvalue weighted by molar-refractivity contribution is 0.172. The fraction of sp³-hybridized carbons (Fsp3) is 0.615. The average molecular weight is 275 g/mol. The van der Waals surface area contributed by atoms with Crippen LogP contribution in [0.1, 0.15) is 25.7 Å². The van der Waals surface area contributed by atoms with Crippen LogP contribution in [0.4, 0.5) is 11.8 Å². The highest BCUT2D eigenvalue weighted by Crippen LogP contribution is 2.34. The third kappa shape index (κ3) is 2.18. The molecule has 0 amide bonds. The highest BCUT2D eigenvalue weighted by molar-refractivity contribution is 5.83. The van der Waals surface area contributed by atoms with Gasteiger partial charge in [-0.15, -0.1) is 0 Å². The Balaban J connectivity index is 1.84. The maximum absolute atomic E-state index is 5.73. The molecule has 1 fully saturated rings. The molecule has 1 saturated carbocycles. The lowest BCUT2D eigenvalue weighted by atomic mass is 9.96. The van der Waals surface area contributed by atoms with Gasteiger partial charge in [-0.1, -0.05) is 12.8 Å². The summed E-state index contributed by atoms with van der Waals surface area (Å²) in [5.41, 5.74) is 7.35. The Bertz CT molecular complexity index is 598. The number of H-pyrrole nitrogens is 1. The minimum absolute atomic E-state index is 0.200. The number of hydrogen-bond donors (Lipinski definition) is 3. The Morgan fingerprint density at radius 1 is 1.35 bits per heavy atom. The van der Waals surface area contributed by atoms with E-state index in [4.69, 9.17) is 5.73 Å². The molecule has 7 nitrogen and oxygen atoms in total. The third-order valence-corrected chi connectivity index (χ3v) is 4.37. The number of nitrogens with two attached hydrogens (primary N) is 1. The first-order chi connectivity index (χ1) is 9.61. The number of aromatic nitrogens is 4. The topological polar surface area (TPSA) is 95.8 Å². The van der Waals surface area contributed by atoms with Gasteiger partial charge >= 0.3 is 0 Å². The number of anilines is 2. The van der Waals surface area contributed by atoms with Crippen LogP contribution < -0.4 is 11.1 Å². The fourth-order valence-electron chi connectivity index (χ4n) is 3.04. The maximum Gasteiger partial charge on any atom is 0.224 e. The number of rotatable bonds is 4. The zero-order valence-corrected chi connectivity index (χ0v) is 12.0. The van der Waals surface area contributed by atoms with Gasteiger partial charge in [0.05, 0.1) is 6.33 Å². The molecule has 0 saturated heterocycles. The summed E-state index contributed by atoms with van der Waals surface area (Å²) in [5.74, 6) is 0.982. The van der Waals surface area contributed by atoms with E-state index in [0.717, 1.165) is 17.9 Å². The van der Waals surface area contributed by atoms with Gasteiger partial charge < -0.3 is 20.9 Å². The van der Waals surface area contributed by atoms with E-state index in [1.165, 1.54) is 25.7 Å². The molecular formula is C13H21N7. The fourth-order valence-corrected chi connectivity index (χ4v) is 3.04. The van der Waals surface area contributed by atoms with Gasteiger partial charge in [0.25, 0.3) is 0 Å². The van der Waals surface area contributed by atoms with Crippen LogP contribution in [0.25, 0.3) is 11.2 Å². The quantitative estimate of drug-likeness (QED) is 0.776. The van der Waals surface area contributed by atoms with Gasteiger partial charge in [-0.2, -0.15) is 9.97 Å². The van der Waals surface area contributed by atoms with Gasteiger partial charge in [0.1, 0.15) is 5.52 Å². The van der Waals surface area contributed by atoms with Crippen molar-refractivity contribution in [3.8, 4) is 0 Å². The molecule has 2 aromatic rings. The standard InChI is InChI=1S/C13H21N7/c1-20(2)13(5-3-4-6-13)7-15-10-9-11(17-8-16-9)19-12(14)18-10/h8H,3-7H2,1-2H3,(H4,14,15,16,17,18,19). The van der Waals surface area contributed by atoms with Crippen molar-refractivity contribution >= 4 is 22.9 Å². The van der Waals surface area contributed by atoms with E-state index < -0.39 is 0 Å².